The lowest BCUT2D eigenvalue weighted by molar-refractivity contribution is 0.0228. The summed E-state index contributed by atoms with van der Waals surface area (Å²) >= 11 is 0. The van der Waals surface area contributed by atoms with Crippen molar-refractivity contribution >= 4 is 6.08 Å². The van der Waals surface area contributed by atoms with E-state index in [0.717, 1.165) is 83.1 Å². The molecule has 0 bridgehead atoms. The van der Waals surface area contributed by atoms with Gasteiger partial charge in [-0.1, -0.05) is 36.4 Å². The van der Waals surface area contributed by atoms with Gasteiger partial charge < -0.3 is 9.47 Å². The average molecular weight is 461 g/mol. The summed E-state index contributed by atoms with van der Waals surface area (Å²) in [6, 6.07) is 13.8. The summed E-state index contributed by atoms with van der Waals surface area (Å²) < 4.78 is 12.0. The maximum absolute atomic E-state index is 6.42. The number of hydrogen-bond donors (Lipinski definition) is 0. The minimum atomic E-state index is 0.586. The molecular formula is C28H36N4O2. The van der Waals surface area contributed by atoms with Crippen molar-refractivity contribution in [1.29, 1.82) is 0 Å². The Morgan fingerprint density at radius 2 is 1.74 bits per heavy atom. The van der Waals surface area contributed by atoms with E-state index < -0.39 is 0 Å². The fourth-order valence-corrected chi connectivity index (χ4v) is 5.89. The maximum Gasteiger partial charge on any atom is 0.151 e. The second-order valence-corrected chi connectivity index (χ2v) is 10.1. The van der Waals surface area contributed by atoms with Crippen molar-refractivity contribution in [3.05, 3.63) is 63.7 Å². The largest absolute Gasteiger partial charge is 0.476 e. The van der Waals surface area contributed by atoms with E-state index in [1.807, 2.05) is 0 Å². The molecule has 4 aliphatic rings. The summed E-state index contributed by atoms with van der Waals surface area (Å²) in [6.45, 7) is 10.5. The number of piperidine rings is 1. The summed E-state index contributed by atoms with van der Waals surface area (Å²) in [5.74, 6) is 1.04. The first-order valence-corrected chi connectivity index (χ1v) is 13.0. The predicted octanol–water partition coefficient (Wildman–Crippen LogP) is 2.14. The molecule has 2 aromatic rings. The number of rotatable bonds is 5. The molecule has 2 saturated heterocycles. The lowest BCUT2D eigenvalue weighted by atomic mass is 9.98. The molecule has 6 rings (SSSR count). The SMILES string of the molecule is C1=c2c(CN3CCOCC3)cc3c(c2=NCC1)OCN(C1CCN(Cc2ccccc2)CC1)C3. The quantitative estimate of drug-likeness (QED) is 0.684. The van der Waals surface area contributed by atoms with Gasteiger partial charge in [0, 0.05) is 56.1 Å². The Morgan fingerprint density at radius 3 is 2.56 bits per heavy atom. The third-order valence-electron chi connectivity index (χ3n) is 7.77. The maximum atomic E-state index is 6.42. The molecule has 0 aromatic heterocycles. The first kappa shape index (κ1) is 22.2. The van der Waals surface area contributed by atoms with Gasteiger partial charge in [0.05, 0.1) is 13.2 Å². The molecule has 34 heavy (non-hydrogen) atoms. The van der Waals surface area contributed by atoms with Crippen molar-refractivity contribution in [2.45, 2.75) is 44.9 Å². The molecule has 0 radical (unpaired) electrons. The highest BCUT2D eigenvalue weighted by Gasteiger charge is 2.30. The highest BCUT2D eigenvalue weighted by Crippen LogP contribution is 2.27. The number of hydrogen-bond acceptors (Lipinski definition) is 6. The van der Waals surface area contributed by atoms with Gasteiger partial charge in [-0.25, -0.2) is 0 Å². The second kappa shape index (κ2) is 10.2. The van der Waals surface area contributed by atoms with Crippen LogP contribution >= 0.6 is 0 Å². The Morgan fingerprint density at radius 1 is 0.941 bits per heavy atom. The molecule has 2 aromatic carbocycles. The molecule has 2 fully saturated rings. The third-order valence-corrected chi connectivity index (χ3v) is 7.77. The zero-order valence-corrected chi connectivity index (χ0v) is 20.1. The first-order chi connectivity index (χ1) is 16.8. The molecular weight excluding hydrogens is 424 g/mol. The van der Waals surface area contributed by atoms with Crippen LogP contribution in [0.15, 0.2) is 41.4 Å². The molecule has 0 amide bonds. The van der Waals surface area contributed by atoms with E-state index in [4.69, 9.17) is 14.5 Å². The van der Waals surface area contributed by atoms with E-state index in [2.05, 4.69) is 57.2 Å². The van der Waals surface area contributed by atoms with Gasteiger partial charge in [-0.05, 0) is 49.5 Å². The number of morpholine rings is 1. The van der Waals surface area contributed by atoms with Crippen molar-refractivity contribution < 1.29 is 9.47 Å². The van der Waals surface area contributed by atoms with Crippen molar-refractivity contribution in [3.63, 3.8) is 0 Å². The van der Waals surface area contributed by atoms with E-state index >= 15 is 0 Å². The van der Waals surface area contributed by atoms with Gasteiger partial charge in [0.2, 0.25) is 0 Å². The Labute approximate surface area is 202 Å². The standard InChI is InChI=1S/C28H36N4O2/c1-2-5-22(6-3-1)18-30-11-8-25(9-12-30)32-20-24-17-23(19-31-13-15-33-16-14-31)26-7-4-10-29-27(26)28(24)34-21-32/h1-3,5-7,17,25H,4,8-16,18-21H2. The Balaban J connectivity index is 1.16. The molecule has 4 heterocycles. The van der Waals surface area contributed by atoms with Crippen molar-refractivity contribution in [2.75, 3.05) is 52.7 Å². The predicted molar refractivity (Wildman–Crippen MR) is 133 cm³/mol. The minimum absolute atomic E-state index is 0.586. The van der Waals surface area contributed by atoms with Crippen molar-refractivity contribution in [3.8, 4) is 5.75 Å². The van der Waals surface area contributed by atoms with Gasteiger partial charge in [-0.2, -0.15) is 0 Å². The lowest BCUT2D eigenvalue weighted by Gasteiger charge is -2.40. The summed E-state index contributed by atoms with van der Waals surface area (Å²) in [4.78, 5) is 12.6. The van der Waals surface area contributed by atoms with Gasteiger partial charge in [-0.15, -0.1) is 0 Å². The molecule has 0 unspecified atom stereocenters. The van der Waals surface area contributed by atoms with Crippen LogP contribution in [0.25, 0.3) is 6.08 Å². The monoisotopic (exact) mass is 460 g/mol. The zero-order valence-electron chi connectivity index (χ0n) is 20.1. The molecule has 0 saturated carbocycles. The molecule has 0 spiro atoms. The van der Waals surface area contributed by atoms with Crippen LogP contribution in [-0.2, 0) is 24.4 Å². The van der Waals surface area contributed by atoms with Crippen LogP contribution in [0.2, 0.25) is 0 Å². The molecule has 0 N–H and O–H groups in total. The van der Waals surface area contributed by atoms with Gasteiger partial charge >= 0.3 is 0 Å². The number of likely N-dealkylation sites (tertiary alicyclic amines) is 1. The van der Waals surface area contributed by atoms with Crippen LogP contribution in [0.1, 0.15) is 36.0 Å². The highest BCUT2D eigenvalue weighted by atomic mass is 16.5. The summed E-state index contributed by atoms with van der Waals surface area (Å²) in [5, 5.41) is 2.41. The van der Waals surface area contributed by atoms with Crippen LogP contribution in [0.3, 0.4) is 0 Å². The van der Waals surface area contributed by atoms with Gasteiger partial charge in [0.15, 0.2) is 5.75 Å². The van der Waals surface area contributed by atoms with E-state index in [1.54, 1.807) is 0 Å². The molecule has 6 nitrogen and oxygen atoms in total. The summed E-state index contributed by atoms with van der Waals surface area (Å²) in [5.41, 5.74) is 4.13. The molecule has 0 atom stereocenters. The normalized spacial score (nSPS) is 22.2. The van der Waals surface area contributed by atoms with E-state index in [0.29, 0.717) is 12.8 Å². The van der Waals surface area contributed by atoms with Crippen LogP contribution in [0.5, 0.6) is 5.75 Å². The third kappa shape index (κ3) is 4.78. The number of fused-ring (bicyclic) bond motifs is 3. The Bertz CT molecular complexity index is 1110. The van der Waals surface area contributed by atoms with E-state index in [1.165, 1.54) is 34.8 Å². The number of ether oxygens (including phenoxy) is 2. The zero-order chi connectivity index (χ0) is 22.7. The second-order valence-electron chi connectivity index (χ2n) is 10.1. The van der Waals surface area contributed by atoms with Crippen LogP contribution in [0.4, 0.5) is 0 Å². The molecule has 0 aliphatic carbocycles. The molecule has 6 heteroatoms. The summed E-state index contributed by atoms with van der Waals surface area (Å²) in [7, 11) is 0. The molecule has 4 aliphatic heterocycles. The summed E-state index contributed by atoms with van der Waals surface area (Å²) in [6.07, 6.45) is 5.80. The number of nitrogens with zero attached hydrogens (tertiary/aromatic N) is 4. The topological polar surface area (TPSA) is 40.5 Å². The molecule has 180 valence electrons. The van der Waals surface area contributed by atoms with Crippen LogP contribution in [0, 0.1) is 0 Å². The van der Waals surface area contributed by atoms with Crippen molar-refractivity contribution in [1.82, 2.24) is 14.7 Å². The lowest BCUT2D eigenvalue weighted by Crippen LogP contribution is -2.48. The first-order valence-electron chi connectivity index (χ1n) is 13.0. The van der Waals surface area contributed by atoms with Crippen molar-refractivity contribution in [2.24, 2.45) is 4.99 Å². The van der Waals surface area contributed by atoms with Gasteiger partial charge in [-0.3, -0.25) is 19.7 Å². The van der Waals surface area contributed by atoms with Gasteiger partial charge in [0.25, 0.3) is 0 Å². The van der Waals surface area contributed by atoms with Crippen LogP contribution in [-0.4, -0.2) is 73.4 Å². The van der Waals surface area contributed by atoms with Gasteiger partial charge in [0.1, 0.15) is 12.1 Å². The van der Waals surface area contributed by atoms with E-state index in [-0.39, 0.29) is 0 Å². The Hall–Kier alpha value is -2.25. The average Bonchev–Trinajstić information content (AvgIpc) is 2.90. The number of benzene rings is 2. The smallest absolute Gasteiger partial charge is 0.151 e. The minimum Gasteiger partial charge on any atom is -0.476 e. The van der Waals surface area contributed by atoms with Crippen LogP contribution < -0.4 is 15.3 Å². The highest BCUT2D eigenvalue weighted by molar-refractivity contribution is 5.44. The fourth-order valence-electron chi connectivity index (χ4n) is 5.89. The Kier molecular flexibility index (Phi) is 6.64. The fraction of sp³-hybridized carbons (Fsp3) is 0.536. The van der Waals surface area contributed by atoms with E-state index in [9.17, 15) is 0 Å².